The Bertz CT molecular complexity index is 781. The van der Waals surface area contributed by atoms with Crippen LogP contribution in [0.15, 0.2) is 47.6 Å². The topological polar surface area (TPSA) is 39.4 Å². The molecule has 5 heteroatoms. The molecule has 0 fully saturated rings. The van der Waals surface area contributed by atoms with E-state index in [1.807, 2.05) is 54.0 Å². The Balaban J connectivity index is 1.84. The first-order valence-electron chi connectivity index (χ1n) is 7.88. The van der Waals surface area contributed by atoms with E-state index in [4.69, 9.17) is 4.74 Å². The van der Waals surface area contributed by atoms with Crippen molar-refractivity contribution in [1.82, 2.24) is 14.6 Å². The van der Waals surface area contributed by atoms with Crippen LogP contribution in [0.1, 0.15) is 20.8 Å². The van der Waals surface area contributed by atoms with Gasteiger partial charge in [-0.25, -0.2) is 9.50 Å². The molecule has 0 aliphatic rings. The van der Waals surface area contributed by atoms with Gasteiger partial charge in [0.2, 0.25) is 0 Å². The largest absolute Gasteiger partial charge is 0.494 e. The van der Waals surface area contributed by atoms with Gasteiger partial charge in [0.05, 0.1) is 18.5 Å². The molecule has 0 spiro atoms. The molecular weight excluding hydrogens is 306 g/mol. The van der Waals surface area contributed by atoms with Crippen molar-refractivity contribution in [2.75, 3.05) is 12.4 Å². The molecule has 3 aromatic rings. The third kappa shape index (κ3) is 3.85. The monoisotopic (exact) mass is 327 g/mol. The first-order chi connectivity index (χ1) is 11.2. The molecule has 0 amide bonds. The minimum absolute atomic E-state index is 0.652. The Morgan fingerprint density at radius 1 is 1.13 bits per heavy atom. The van der Waals surface area contributed by atoms with Crippen molar-refractivity contribution in [3.63, 3.8) is 0 Å². The van der Waals surface area contributed by atoms with Gasteiger partial charge >= 0.3 is 0 Å². The lowest BCUT2D eigenvalue weighted by Crippen LogP contribution is -1.95. The van der Waals surface area contributed by atoms with Crippen LogP contribution in [0.2, 0.25) is 0 Å². The highest BCUT2D eigenvalue weighted by Crippen LogP contribution is 2.23. The molecule has 3 rings (SSSR count). The van der Waals surface area contributed by atoms with Gasteiger partial charge in [-0.3, -0.25) is 0 Å². The highest BCUT2D eigenvalue weighted by Gasteiger charge is 2.07. The summed E-state index contributed by atoms with van der Waals surface area (Å²) in [7, 11) is 0. The van der Waals surface area contributed by atoms with Crippen LogP contribution >= 0.6 is 11.8 Å². The fourth-order valence-corrected chi connectivity index (χ4v) is 3.04. The van der Waals surface area contributed by atoms with Crippen LogP contribution < -0.4 is 4.74 Å². The highest BCUT2D eigenvalue weighted by atomic mass is 32.2. The number of rotatable bonds is 6. The minimum atomic E-state index is 0.652. The van der Waals surface area contributed by atoms with Gasteiger partial charge in [-0.2, -0.15) is 5.10 Å². The summed E-state index contributed by atoms with van der Waals surface area (Å²) < 4.78 is 7.33. The van der Waals surface area contributed by atoms with E-state index >= 15 is 0 Å². The fourth-order valence-electron chi connectivity index (χ4n) is 2.22. The molecule has 0 saturated heterocycles. The molecular formula is C18H21N3OS. The Labute approximate surface area is 140 Å². The summed E-state index contributed by atoms with van der Waals surface area (Å²) in [5, 5.41) is 5.66. The normalized spacial score (nSPS) is 11.3. The van der Waals surface area contributed by atoms with Gasteiger partial charge in [0.25, 0.3) is 0 Å². The van der Waals surface area contributed by atoms with E-state index in [2.05, 4.69) is 23.9 Å². The summed E-state index contributed by atoms with van der Waals surface area (Å²) in [4.78, 5) is 4.65. The maximum absolute atomic E-state index is 5.48. The molecule has 0 radical (unpaired) electrons. The van der Waals surface area contributed by atoms with Gasteiger partial charge in [-0.1, -0.05) is 13.8 Å². The Morgan fingerprint density at radius 3 is 2.61 bits per heavy atom. The molecule has 120 valence electrons. The average molecular weight is 327 g/mol. The van der Waals surface area contributed by atoms with Crippen LogP contribution in [-0.4, -0.2) is 27.0 Å². The van der Waals surface area contributed by atoms with Crippen LogP contribution in [0.5, 0.6) is 5.75 Å². The smallest absolute Gasteiger partial charge is 0.154 e. The molecule has 0 saturated carbocycles. The minimum Gasteiger partial charge on any atom is -0.494 e. The number of hydrogen-bond acceptors (Lipinski definition) is 4. The fraction of sp³-hybridized carbons (Fsp3) is 0.333. The highest BCUT2D eigenvalue weighted by molar-refractivity contribution is 7.99. The zero-order chi connectivity index (χ0) is 16.2. The predicted molar refractivity (Wildman–Crippen MR) is 95.2 cm³/mol. The van der Waals surface area contributed by atoms with E-state index < -0.39 is 0 Å². The van der Waals surface area contributed by atoms with Gasteiger partial charge in [-0.15, -0.1) is 11.8 Å². The molecule has 0 unspecified atom stereocenters. The first kappa shape index (κ1) is 15.9. The van der Waals surface area contributed by atoms with Crippen LogP contribution in [0.3, 0.4) is 0 Å². The summed E-state index contributed by atoms with van der Waals surface area (Å²) in [5.41, 5.74) is 2.85. The number of benzene rings is 1. The van der Waals surface area contributed by atoms with E-state index in [-0.39, 0.29) is 0 Å². The number of thioether (sulfide) groups is 1. The number of nitrogens with zero attached hydrogens (tertiary/aromatic N) is 3. The zero-order valence-corrected chi connectivity index (χ0v) is 14.5. The maximum Gasteiger partial charge on any atom is 0.154 e. The average Bonchev–Trinajstić information content (AvgIpc) is 2.97. The van der Waals surface area contributed by atoms with Crippen LogP contribution in [0.25, 0.3) is 16.9 Å². The molecule has 1 aromatic carbocycles. The molecule has 23 heavy (non-hydrogen) atoms. The van der Waals surface area contributed by atoms with E-state index in [9.17, 15) is 0 Å². The Hall–Kier alpha value is -2.01. The van der Waals surface area contributed by atoms with Gasteiger partial charge in [0.15, 0.2) is 5.65 Å². The van der Waals surface area contributed by atoms with E-state index in [1.165, 1.54) is 0 Å². The van der Waals surface area contributed by atoms with Crippen LogP contribution in [-0.2, 0) is 0 Å². The van der Waals surface area contributed by atoms with E-state index in [1.54, 1.807) is 11.8 Å². The second kappa shape index (κ2) is 7.04. The molecule has 0 bridgehead atoms. The summed E-state index contributed by atoms with van der Waals surface area (Å²) in [6.07, 6.45) is 1.98. The molecule has 4 nitrogen and oxygen atoms in total. The van der Waals surface area contributed by atoms with Gasteiger partial charge in [0, 0.05) is 11.3 Å². The van der Waals surface area contributed by atoms with Crippen molar-refractivity contribution < 1.29 is 4.74 Å². The lowest BCUT2D eigenvalue weighted by molar-refractivity contribution is 0.340. The standard InChI is InChI=1S/C18H21N3OS/c1-4-22-15-7-5-14(6-8-15)16-11-21-17(19-16)9-10-18(20-21)23-12-13(2)3/h5-11,13H,4,12H2,1-3H3. The van der Waals surface area contributed by atoms with Gasteiger partial charge in [-0.05, 0) is 49.2 Å². The first-order valence-corrected chi connectivity index (χ1v) is 8.86. The van der Waals surface area contributed by atoms with Gasteiger partial charge < -0.3 is 4.74 Å². The predicted octanol–water partition coefficient (Wildman–Crippen LogP) is 4.54. The van der Waals surface area contributed by atoms with E-state index in [0.29, 0.717) is 12.5 Å². The van der Waals surface area contributed by atoms with Crippen molar-refractivity contribution in [2.24, 2.45) is 5.92 Å². The number of aromatic nitrogens is 3. The Kier molecular flexibility index (Phi) is 4.86. The van der Waals surface area contributed by atoms with Crippen molar-refractivity contribution in [3.05, 3.63) is 42.6 Å². The van der Waals surface area contributed by atoms with Crippen LogP contribution in [0, 0.1) is 5.92 Å². The number of ether oxygens (including phenoxy) is 1. The molecule has 0 aliphatic carbocycles. The van der Waals surface area contributed by atoms with Crippen molar-refractivity contribution in [2.45, 2.75) is 25.8 Å². The maximum atomic E-state index is 5.48. The lowest BCUT2D eigenvalue weighted by Gasteiger charge is -2.03. The third-order valence-corrected chi connectivity index (χ3v) is 4.67. The molecule has 2 aromatic heterocycles. The lowest BCUT2D eigenvalue weighted by atomic mass is 10.2. The van der Waals surface area contributed by atoms with Crippen molar-refractivity contribution >= 4 is 17.4 Å². The third-order valence-electron chi connectivity index (χ3n) is 3.32. The summed E-state index contributed by atoms with van der Waals surface area (Å²) >= 11 is 1.78. The van der Waals surface area contributed by atoms with Crippen molar-refractivity contribution in [3.8, 4) is 17.0 Å². The molecule has 0 atom stereocenters. The summed E-state index contributed by atoms with van der Waals surface area (Å²) in [6.45, 7) is 7.09. The summed E-state index contributed by atoms with van der Waals surface area (Å²) in [5.74, 6) is 2.60. The SMILES string of the molecule is CCOc1ccc(-c2cn3nc(SCC(C)C)ccc3n2)cc1. The number of hydrogen-bond donors (Lipinski definition) is 0. The second-order valence-electron chi connectivity index (χ2n) is 5.76. The summed E-state index contributed by atoms with van der Waals surface area (Å²) in [6, 6.07) is 12.1. The zero-order valence-electron chi connectivity index (χ0n) is 13.7. The molecule has 0 aliphatic heterocycles. The number of fused-ring (bicyclic) bond motifs is 1. The second-order valence-corrected chi connectivity index (χ2v) is 6.80. The van der Waals surface area contributed by atoms with Crippen LogP contribution in [0.4, 0.5) is 0 Å². The molecule has 2 heterocycles. The van der Waals surface area contributed by atoms with Gasteiger partial charge in [0.1, 0.15) is 10.8 Å². The Morgan fingerprint density at radius 2 is 1.91 bits per heavy atom. The molecule has 0 N–H and O–H groups in total. The van der Waals surface area contributed by atoms with Crippen molar-refractivity contribution in [1.29, 1.82) is 0 Å². The number of imidazole rings is 1. The van der Waals surface area contributed by atoms with E-state index in [0.717, 1.165) is 33.4 Å². The quantitative estimate of drug-likeness (QED) is 0.623.